The molecule has 0 atom stereocenters. The molecular weight excluding hydrogens is 487 g/mol. The van der Waals surface area contributed by atoms with Crippen LogP contribution >= 0.6 is 12.4 Å². The summed E-state index contributed by atoms with van der Waals surface area (Å²) < 4.78 is 44.7. The summed E-state index contributed by atoms with van der Waals surface area (Å²) in [5.74, 6) is -0.294. The number of nitrogens with zero attached hydrogens (tertiary/aromatic N) is 2. The van der Waals surface area contributed by atoms with Crippen LogP contribution in [0.15, 0.2) is 76.2 Å². The van der Waals surface area contributed by atoms with Crippen molar-refractivity contribution in [1.82, 2.24) is 15.2 Å². The lowest BCUT2D eigenvalue weighted by Gasteiger charge is -2.12. The Kier molecular flexibility index (Phi) is 6.18. The van der Waals surface area contributed by atoms with Crippen molar-refractivity contribution in [3.05, 3.63) is 88.5 Å². The number of H-pyrrole nitrogens is 1. The van der Waals surface area contributed by atoms with Gasteiger partial charge in [0, 0.05) is 40.5 Å². The van der Waals surface area contributed by atoms with Gasteiger partial charge in [-0.3, -0.25) is 9.89 Å². The molecule has 2 aromatic carbocycles. The Morgan fingerprint density at radius 1 is 1.03 bits per heavy atom. The summed E-state index contributed by atoms with van der Waals surface area (Å²) in [7, 11) is 0. The minimum atomic E-state index is -4.73. The van der Waals surface area contributed by atoms with Crippen LogP contribution in [0, 0.1) is 0 Å². The molecule has 0 bridgehead atoms. The van der Waals surface area contributed by atoms with Gasteiger partial charge in [0.2, 0.25) is 0 Å². The summed E-state index contributed by atoms with van der Waals surface area (Å²) in [6.07, 6.45) is -1.53. The summed E-state index contributed by atoms with van der Waals surface area (Å²) in [5, 5.41) is 13.1. The normalized spacial score (nSPS) is 11.3. The van der Waals surface area contributed by atoms with Crippen molar-refractivity contribution in [2.75, 3.05) is 10.6 Å². The van der Waals surface area contributed by atoms with Gasteiger partial charge in [0.15, 0.2) is 0 Å². The molecule has 0 aliphatic carbocycles. The van der Waals surface area contributed by atoms with Gasteiger partial charge in [-0.05, 0) is 42.5 Å². The first-order valence-corrected chi connectivity index (χ1v) is 9.89. The molecular formula is C23H15ClF3N5O3. The van der Waals surface area contributed by atoms with Crippen LogP contribution in [0.2, 0.25) is 0 Å². The summed E-state index contributed by atoms with van der Waals surface area (Å²) in [5.41, 5.74) is -0.748. The van der Waals surface area contributed by atoms with Crippen LogP contribution in [0.1, 0.15) is 15.9 Å². The zero-order valence-electron chi connectivity index (χ0n) is 17.5. The van der Waals surface area contributed by atoms with E-state index in [9.17, 15) is 22.8 Å². The van der Waals surface area contributed by atoms with Gasteiger partial charge in [-0.25, -0.2) is 9.78 Å². The summed E-state index contributed by atoms with van der Waals surface area (Å²) in [6.45, 7) is 0. The van der Waals surface area contributed by atoms with Crippen LogP contribution in [-0.4, -0.2) is 21.1 Å². The van der Waals surface area contributed by atoms with Crippen molar-refractivity contribution >= 4 is 57.4 Å². The van der Waals surface area contributed by atoms with Gasteiger partial charge in [-0.1, -0.05) is 0 Å². The second-order valence-electron chi connectivity index (χ2n) is 7.34. The maximum Gasteiger partial charge on any atom is 0.417 e. The lowest BCUT2D eigenvalue weighted by molar-refractivity contribution is -0.136. The van der Waals surface area contributed by atoms with Crippen molar-refractivity contribution in [3.8, 4) is 0 Å². The molecule has 0 spiro atoms. The monoisotopic (exact) mass is 501 g/mol. The number of alkyl halides is 3. The SMILES string of the molecule is Cl.O=C(Nc1ccc2c(C(F)(F)F)cc(=O)oc2c1)c1cccnc1Nc1ccc2cn[nH]c2c1. The molecule has 3 aromatic heterocycles. The summed E-state index contributed by atoms with van der Waals surface area (Å²) >= 11 is 0. The number of aromatic nitrogens is 3. The van der Waals surface area contributed by atoms with Gasteiger partial charge >= 0.3 is 11.8 Å². The Hall–Kier alpha value is -4.38. The Balaban J connectivity index is 0.00000289. The molecule has 5 rings (SSSR count). The molecule has 0 unspecified atom stereocenters. The molecule has 5 aromatic rings. The van der Waals surface area contributed by atoms with E-state index in [0.29, 0.717) is 11.8 Å². The molecule has 0 radical (unpaired) electrons. The number of benzene rings is 2. The Morgan fingerprint density at radius 2 is 1.83 bits per heavy atom. The molecule has 1 amide bonds. The minimum absolute atomic E-state index is 0. The molecule has 8 nitrogen and oxygen atoms in total. The molecule has 0 saturated heterocycles. The van der Waals surface area contributed by atoms with E-state index < -0.39 is 23.3 Å². The van der Waals surface area contributed by atoms with Crippen LogP contribution in [0.25, 0.3) is 21.9 Å². The standard InChI is InChI=1S/C23H14F3N5O3.ClH/c24-23(25,26)17-10-20(32)34-19-9-14(5-6-15(17)19)30-22(33)16-2-1-7-27-21(16)29-13-4-3-12-11-28-31-18(12)8-13;/h1-11H,(H,27,29)(H,28,31)(H,30,33);1H. The van der Waals surface area contributed by atoms with E-state index in [0.717, 1.165) is 17.0 Å². The van der Waals surface area contributed by atoms with Gasteiger partial charge in [0.25, 0.3) is 5.91 Å². The van der Waals surface area contributed by atoms with Crippen LogP contribution in [0.3, 0.4) is 0 Å². The molecule has 0 aliphatic heterocycles. The van der Waals surface area contributed by atoms with Crippen LogP contribution in [0.5, 0.6) is 0 Å². The second kappa shape index (κ2) is 9.11. The first-order chi connectivity index (χ1) is 16.3. The van der Waals surface area contributed by atoms with Crippen LogP contribution < -0.4 is 16.3 Å². The van der Waals surface area contributed by atoms with Crippen molar-refractivity contribution in [1.29, 1.82) is 0 Å². The number of carbonyl (C=O) groups is 1. The van der Waals surface area contributed by atoms with Gasteiger partial charge in [-0.15, -0.1) is 12.4 Å². The Labute approximate surface area is 200 Å². The molecule has 35 heavy (non-hydrogen) atoms. The molecule has 0 saturated carbocycles. The molecule has 3 N–H and O–H groups in total. The fourth-order valence-electron chi connectivity index (χ4n) is 3.51. The average Bonchev–Trinajstić information content (AvgIpc) is 3.26. The third-order valence-corrected chi connectivity index (χ3v) is 5.06. The first kappa shape index (κ1) is 23.8. The molecule has 3 heterocycles. The number of aromatic amines is 1. The zero-order valence-corrected chi connectivity index (χ0v) is 18.3. The van der Waals surface area contributed by atoms with Crippen molar-refractivity contribution < 1.29 is 22.4 Å². The lowest BCUT2D eigenvalue weighted by Crippen LogP contribution is -2.15. The highest BCUT2D eigenvalue weighted by Crippen LogP contribution is 2.34. The van der Waals surface area contributed by atoms with E-state index in [1.165, 1.54) is 18.3 Å². The molecule has 178 valence electrons. The van der Waals surface area contributed by atoms with Gasteiger partial charge < -0.3 is 15.1 Å². The van der Waals surface area contributed by atoms with Crippen LogP contribution in [0.4, 0.5) is 30.4 Å². The summed E-state index contributed by atoms with van der Waals surface area (Å²) in [6, 6.07) is 12.6. The number of fused-ring (bicyclic) bond motifs is 2. The van der Waals surface area contributed by atoms with Crippen molar-refractivity contribution in [3.63, 3.8) is 0 Å². The summed E-state index contributed by atoms with van der Waals surface area (Å²) in [4.78, 5) is 28.8. The number of pyridine rings is 1. The van der Waals surface area contributed by atoms with Gasteiger partial charge in [-0.2, -0.15) is 18.3 Å². The molecule has 0 aliphatic rings. The predicted octanol–water partition coefficient (Wildman–Crippen LogP) is 5.50. The maximum absolute atomic E-state index is 13.3. The average molecular weight is 502 g/mol. The fourth-order valence-corrected chi connectivity index (χ4v) is 3.51. The molecule has 0 fully saturated rings. The lowest BCUT2D eigenvalue weighted by atomic mass is 10.1. The highest BCUT2D eigenvalue weighted by Gasteiger charge is 2.33. The van der Waals surface area contributed by atoms with Gasteiger partial charge in [0.05, 0.1) is 22.8 Å². The number of hydrogen-bond donors (Lipinski definition) is 3. The number of halogens is 4. The first-order valence-electron chi connectivity index (χ1n) is 9.89. The number of rotatable bonds is 4. The van der Waals surface area contributed by atoms with E-state index in [-0.39, 0.29) is 40.4 Å². The largest absolute Gasteiger partial charge is 0.423 e. The number of hydrogen-bond acceptors (Lipinski definition) is 6. The second-order valence-corrected chi connectivity index (χ2v) is 7.34. The third kappa shape index (κ3) is 4.80. The number of amides is 1. The predicted molar refractivity (Wildman–Crippen MR) is 126 cm³/mol. The fraction of sp³-hybridized carbons (Fsp3) is 0.0435. The smallest absolute Gasteiger partial charge is 0.417 e. The van der Waals surface area contributed by atoms with E-state index in [1.54, 1.807) is 24.4 Å². The van der Waals surface area contributed by atoms with E-state index >= 15 is 0 Å². The van der Waals surface area contributed by atoms with E-state index in [2.05, 4.69) is 25.8 Å². The number of anilines is 3. The minimum Gasteiger partial charge on any atom is -0.423 e. The van der Waals surface area contributed by atoms with Gasteiger partial charge in [0.1, 0.15) is 11.4 Å². The highest BCUT2D eigenvalue weighted by atomic mass is 35.5. The zero-order chi connectivity index (χ0) is 23.9. The Morgan fingerprint density at radius 3 is 2.63 bits per heavy atom. The quantitative estimate of drug-likeness (QED) is 0.280. The van der Waals surface area contributed by atoms with Crippen LogP contribution in [-0.2, 0) is 6.18 Å². The topological polar surface area (TPSA) is 113 Å². The van der Waals surface area contributed by atoms with E-state index in [1.807, 2.05) is 12.1 Å². The maximum atomic E-state index is 13.3. The van der Waals surface area contributed by atoms with E-state index in [4.69, 9.17) is 4.42 Å². The van der Waals surface area contributed by atoms with Crippen molar-refractivity contribution in [2.45, 2.75) is 6.18 Å². The third-order valence-electron chi connectivity index (χ3n) is 5.06. The Bertz CT molecular complexity index is 1610. The highest BCUT2D eigenvalue weighted by molar-refractivity contribution is 6.08. The number of nitrogens with one attached hydrogen (secondary N) is 3. The number of carbonyl (C=O) groups excluding carboxylic acids is 1. The van der Waals surface area contributed by atoms with Crippen molar-refractivity contribution in [2.24, 2.45) is 0 Å². The molecule has 12 heteroatoms.